The van der Waals surface area contributed by atoms with E-state index in [1.54, 1.807) is 11.3 Å². The summed E-state index contributed by atoms with van der Waals surface area (Å²) in [5.41, 5.74) is 2.28. The number of rotatable bonds is 5. The van der Waals surface area contributed by atoms with Gasteiger partial charge in [-0.3, -0.25) is 4.99 Å². The lowest BCUT2D eigenvalue weighted by atomic mass is 10.1. The molecule has 0 saturated carbocycles. The molecule has 148 valence electrons. The van der Waals surface area contributed by atoms with E-state index in [-0.39, 0.29) is 24.0 Å². The maximum Gasteiger partial charge on any atom is 0.191 e. The minimum atomic E-state index is 0. The van der Waals surface area contributed by atoms with Crippen molar-refractivity contribution in [2.45, 2.75) is 45.7 Å². The number of hydrogen-bond donors (Lipinski definition) is 2. The molecular weight excluding hydrogens is 471 g/mol. The molecule has 0 bridgehead atoms. The predicted octanol–water partition coefficient (Wildman–Crippen LogP) is 3.36. The number of piperidine rings is 1. The summed E-state index contributed by atoms with van der Waals surface area (Å²) in [5, 5.41) is 10.2. The van der Waals surface area contributed by atoms with Crippen LogP contribution in [0, 0.1) is 6.92 Å². The van der Waals surface area contributed by atoms with Crippen LogP contribution in [0.25, 0.3) is 0 Å². The fourth-order valence-corrected chi connectivity index (χ4v) is 3.80. The van der Waals surface area contributed by atoms with Gasteiger partial charge in [0, 0.05) is 37.8 Å². The van der Waals surface area contributed by atoms with Crippen LogP contribution >= 0.6 is 35.3 Å². The minimum Gasteiger partial charge on any atom is -0.356 e. The average molecular weight is 500 g/mol. The van der Waals surface area contributed by atoms with Crippen molar-refractivity contribution < 1.29 is 0 Å². The van der Waals surface area contributed by atoms with Gasteiger partial charge < -0.3 is 15.5 Å². The highest BCUT2D eigenvalue weighted by Gasteiger charge is 2.20. The Morgan fingerprint density at radius 1 is 1.33 bits per heavy atom. The van der Waals surface area contributed by atoms with Gasteiger partial charge in [-0.2, -0.15) is 0 Å². The van der Waals surface area contributed by atoms with Crippen molar-refractivity contribution in [1.29, 1.82) is 0 Å². The summed E-state index contributed by atoms with van der Waals surface area (Å²) in [6.07, 6.45) is 5.08. The zero-order chi connectivity index (χ0) is 18.4. The molecule has 1 saturated heterocycles. The standard InChI is InChI=1S/C19H28N6S.HI/c1-4-18-23-16(13-26-18)12-22-19(20-3)24-15-7-9-25(10-8-15)17-6-5-14(2)11-21-17;/h5-6,11,13,15H,4,7-10,12H2,1-3H3,(H2,20,22,24);1H. The molecule has 6 nitrogen and oxygen atoms in total. The molecule has 1 aliphatic rings. The van der Waals surface area contributed by atoms with E-state index in [2.05, 4.69) is 61.9 Å². The molecule has 3 rings (SSSR count). The summed E-state index contributed by atoms with van der Waals surface area (Å²) < 4.78 is 0. The first-order valence-corrected chi connectivity index (χ1v) is 10.1. The highest BCUT2D eigenvalue weighted by atomic mass is 127. The van der Waals surface area contributed by atoms with Gasteiger partial charge in [-0.25, -0.2) is 9.97 Å². The third-order valence-electron chi connectivity index (χ3n) is 4.62. The van der Waals surface area contributed by atoms with Gasteiger partial charge in [-0.05, 0) is 37.8 Å². The number of nitrogens with zero attached hydrogens (tertiary/aromatic N) is 4. The average Bonchev–Trinajstić information content (AvgIpc) is 3.14. The molecule has 2 N–H and O–H groups in total. The Bertz CT molecular complexity index is 722. The second kappa shape index (κ2) is 10.8. The third kappa shape index (κ3) is 6.31. The Labute approximate surface area is 182 Å². The van der Waals surface area contributed by atoms with Crippen molar-refractivity contribution in [2.75, 3.05) is 25.0 Å². The summed E-state index contributed by atoms with van der Waals surface area (Å²) in [5.74, 6) is 1.93. The van der Waals surface area contributed by atoms with Crippen molar-refractivity contribution >= 4 is 47.1 Å². The van der Waals surface area contributed by atoms with Crippen LogP contribution in [-0.2, 0) is 13.0 Å². The molecule has 0 radical (unpaired) electrons. The summed E-state index contributed by atoms with van der Waals surface area (Å²) >= 11 is 1.72. The van der Waals surface area contributed by atoms with E-state index in [4.69, 9.17) is 0 Å². The van der Waals surface area contributed by atoms with Gasteiger partial charge in [-0.15, -0.1) is 35.3 Å². The number of anilines is 1. The SMILES string of the molecule is CCc1nc(CNC(=NC)NC2CCN(c3ccc(C)cn3)CC2)cs1.I. The molecule has 27 heavy (non-hydrogen) atoms. The maximum absolute atomic E-state index is 4.59. The minimum absolute atomic E-state index is 0. The molecule has 0 spiro atoms. The zero-order valence-corrected chi connectivity index (χ0v) is 19.4. The molecule has 8 heteroatoms. The van der Waals surface area contributed by atoms with E-state index >= 15 is 0 Å². The fourth-order valence-electron chi connectivity index (χ4n) is 3.05. The van der Waals surface area contributed by atoms with Crippen LogP contribution in [0.5, 0.6) is 0 Å². The van der Waals surface area contributed by atoms with Crippen molar-refractivity contribution in [3.8, 4) is 0 Å². The number of guanidine groups is 1. The molecular formula is C19H29IN6S. The van der Waals surface area contributed by atoms with Crippen molar-refractivity contribution in [2.24, 2.45) is 4.99 Å². The molecule has 0 unspecified atom stereocenters. The Morgan fingerprint density at radius 2 is 2.11 bits per heavy atom. The monoisotopic (exact) mass is 500 g/mol. The molecule has 1 fully saturated rings. The van der Waals surface area contributed by atoms with Crippen molar-refractivity contribution in [3.63, 3.8) is 0 Å². The summed E-state index contributed by atoms with van der Waals surface area (Å²) in [6, 6.07) is 4.67. The molecule has 3 heterocycles. The smallest absolute Gasteiger partial charge is 0.191 e. The summed E-state index contributed by atoms with van der Waals surface area (Å²) in [6.45, 7) is 6.94. The lowest BCUT2D eigenvalue weighted by molar-refractivity contribution is 0.459. The van der Waals surface area contributed by atoms with Crippen molar-refractivity contribution in [3.05, 3.63) is 40.0 Å². The van der Waals surface area contributed by atoms with Crippen LogP contribution in [0.15, 0.2) is 28.7 Å². The molecule has 0 amide bonds. The van der Waals surface area contributed by atoms with E-state index in [0.717, 1.165) is 49.8 Å². The van der Waals surface area contributed by atoms with E-state index in [1.165, 1.54) is 10.6 Å². The van der Waals surface area contributed by atoms with Gasteiger partial charge >= 0.3 is 0 Å². The second-order valence-corrected chi connectivity index (χ2v) is 7.55. The summed E-state index contributed by atoms with van der Waals surface area (Å²) in [4.78, 5) is 15.8. The molecule has 0 aromatic carbocycles. The van der Waals surface area contributed by atoms with Gasteiger partial charge in [0.15, 0.2) is 5.96 Å². The number of nitrogens with one attached hydrogen (secondary N) is 2. The lowest BCUT2D eigenvalue weighted by Gasteiger charge is -2.33. The Kier molecular flexibility index (Phi) is 8.75. The maximum atomic E-state index is 4.59. The first-order valence-electron chi connectivity index (χ1n) is 9.26. The number of halogens is 1. The molecule has 1 aliphatic heterocycles. The van der Waals surface area contributed by atoms with Gasteiger partial charge in [0.25, 0.3) is 0 Å². The van der Waals surface area contributed by atoms with Crippen LogP contribution in [0.4, 0.5) is 5.82 Å². The number of aromatic nitrogens is 2. The zero-order valence-electron chi connectivity index (χ0n) is 16.2. The van der Waals surface area contributed by atoms with Crippen LogP contribution in [0.2, 0.25) is 0 Å². The van der Waals surface area contributed by atoms with E-state index in [9.17, 15) is 0 Å². The third-order valence-corrected chi connectivity index (χ3v) is 5.66. The van der Waals surface area contributed by atoms with Crippen LogP contribution in [0.3, 0.4) is 0 Å². The Balaban J connectivity index is 0.00000261. The number of pyridine rings is 1. The molecule has 0 atom stereocenters. The molecule has 2 aromatic heterocycles. The van der Waals surface area contributed by atoms with E-state index in [0.29, 0.717) is 12.6 Å². The summed E-state index contributed by atoms with van der Waals surface area (Å²) in [7, 11) is 1.82. The fraction of sp³-hybridized carbons (Fsp3) is 0.526. The highest BCUT2D eigenvalue weighted by Crippen LogP contribution is 2.18. The predicted molar refractivity (Wildman–Crippen MR) is 124 cm³/mol. The largest absolute Gasteiger partial charge is 0.356 e. The van der Waals surface area contributed by atoms with Gasteiger partial charge in [-0.1, -0.05) is 13.0 Å². The topological polar surface area (TPSA) is 65.4 Å². The van der Waals surface area contributed by atoms with Crippen LogP contribution < -0.4 is 15.5 Å². The first kappa shape index (κ1) is 21.9. The Hall–Kier alpha value is -1.42. The van der Waals surface area contributed by atoms with Crippen LogP contribution in [-0.4, -0.2) is 42.1 Å². The number of hydrogen-bond acceptors (Lipinski definition) is 5. The quantitative estimate of drug-likeness (QED) is 0.375. The van der Waals surface area contributed by atoms with Crippen molar-refractivity contribution in [1.82, 2.24) is 20.6 Å². The highest BCUT2D eigenvalue weighted by molar-refractivity contribution is 14.0. The number of aliphatic imine (C=N–C) groups is 1. The number of thiazole rings is 1. The van der Waals surface area contributed by atoms with Crippen LogP contribution in [0.1, 0.15) is 36.0 Å². The molecule has 2 aromatic rings. The van der Waals surface area contributed by atoms with E-state index < -0.39 is 0 Å². The van der Waals surface area contributed by atoms with Gasteiger partial charge in [0.2, 0.25) is 0 Å². The first-order chi connectivity index (χ1) is 12.7. The molecule has 0 aliphatic carbocycles. The number of aryl methyl sites for hydroxylation is 2. The normalized spacial score (nSPS) is 15.4. The lowest BCUT2D eigenvalue weighted by Crippen LogP contribution is -2.48. The van der Waals surface area contributed by atoms with Gasteiger partial charge in [0.05, 0.1) is 17.2 Å². The Morgan fingerprint density at radius 3 is 2.70 bits per heavy atom. The second-order valence-electron chi connectivity index (χ2n) is 6.61. The van der Waals surface area contributed by atoms with E-state index in [1.807, 2.05) is 13.2 Å². The van der Waals surface area contributed by atoms with Gasteiger partial charge in [0.1, 0.15) is 5.82 Å².